The molecule has 2 nitrogen and oxygen atoms in total. The minimum absolute atomic E-state index is 0.182. The Kier molecular flexibility index (Phi) is 3.97. The smallest absolute Gasteiger partial charge is 0.0802 e. The van der Waals surface area contributed by atoms with Gasteiger partial charge in [-0.2, -0.15) is 11.8 Å². The van der Waals surface area contributed by atoms with E-state index in [0.717, 1.165) is 11.8 Å². The fourth-order valence-electron chi connectivity index (χ4n) is 2.53. The zero-order valence-electron chi connectivity index (χ0n) is 9.92. The Hall–Kier alpha value is 0.270. The van der Waals surface area contributed by atoms with Crippen LogP contribution in [0.2, 0.25) is 0 Å². The van der Waals surface area contributed by atoms with Crippen molar-refractivity contribution in [2.24, 2.45) is 0 Å². The van der Waals surface area contributed by atoms with Crippen molar-refractivity contribution < 1.29 is 4.74 Å². The molecule has 2 atom stereocenters. The van der Waals surface area contributed by atoms with Crippen LogP contribution in [0.25, 0.3) is 0 Å². The number of rotatable bonds is 4. The lowest BCUT2D eigenvalue weighted by Gasteiger charge is -2.42. The van der Waals surface area contributed by atoms with E-state index < -0.39 is 0 Å². The van der Waals surface area contributed by atoms with Gasteiger partial charge in [0.25, 0.3) is 0 Å². The summed E-state index contributed by atoms with van der Waals surface area (Å²) in [5.74, 6) is 1.34. The molecule has 0 aromatic heterocycles. The Labute approximate surface area is 97.5 Å². The lowest BCUT2D eigenvalue weighted by molar-refractivity contribution is -0.0709. The summed E-state index contributed by atoms with van der Waals surface area (Å²) in [4.78, 5) is 0. The van der Waals surface area contributed by atoms with Crippen LogP contribution in [0, 0.1) is 0 Å². The van der Waals surface area contributed by atoms with Crippen molar-refractivity contribution in [3.05, 3.63) is 0 Å². The molecule has 1 saturated carbocycles. The number of hydrogen-bond acceptors (Lipinski definition) is 3. The molecular formula is C12H23NOS. The summed E-state index contributed by atoms with van der Waals surface area (Å²) in [6.07, 6.45) is 6.53. The van der Waals surface area contributed by atoms with Gasteiger partial charge in [0.15, 0.2) is 0 Å². The van der Waals surface area contributed by atoms with Crippen LogP contribution >= 0.6 is 11.8 Å². The lowest BCUT2D eigenvalue weighted by atomic mass is 9.79. The lowest BCUT2D eigenvalue weighted by Crippen LogP contribution is -2.52. The van der Waals surface area contributed by atoms with Gasteiger partial charge in [0.1, 0.15) is 0 Å². The van der Waals surface area contributed by atoms with Gasteiger partial charge in [0.05, 0.1) is 5.60 Å². The third kappa shape index (κ3) is 2.69. The third-order valence-electron chi connectivity index (χ3n) is 3.99. The van der Waals surface area contributed by atoms with Gasteiger partial charge in [-0.3, -0.25) is 0 Å². The zero-order valence-corrected chi connectivity index (χ0v) is 10.7. The molecule has 15 heavy (non-hydrogen) atoms. The highest BCUT2D eigenvalue weighted by Crippen LogP contribution is 2.35. The molecule has 2 rings (SSSR count). The summed E-state index contributed by atoms with van der Waals surface area (Å²) in [6, 6.07) is 0.705. The second kappa shape index (κ2) is 5.07. The molecule has 3 heteroatoms. The van der Waals surface area contributed by atoms with Crippen molar-refractivity contribution in [2.75, 3.05) is 19.4 Å². The van der Waals surface area contributed by atoms with Crippen LogP contribution in [-0.2, 0) is 4.74 Å². The first-order valence-electron chi connectivity index (χ1n) is 6.16. The van der Waals surface area contributed by atoms with E-state index in [4.69, 9.17) is 4.74 Å². The molecule has 2 aliphatic rings. The van der Waals surface area contributed by atoms with Crippen LogP contribution in [-0.4, -0.2) is 36.3 Å². The maximum atomic E-state index is 5.63. The zero-order chi connectivity index (χ0) is 10.7. The average molecular weight is 229 g/mol. The Morgan fingerprint density at radius 3 is 2.73 bits per heavy atom. The van der Waals surface area contributed by atoms with E-state index in [0.29, 0.717) is 6.04 Å². The molecule has 0 spiro atoms. The highest BCUT2D eigenvalue weighted by molar-refractivity contribution is 7.99. The monoisotopic (exact) mass is 229 g/mol. The van der Waals surface area contributed by atoms with E-state index in [1.165, 1.54) is 37.9 Å². The molecule has 1 N–H and O–H groups in total. The first-order chi connectivity index (χ1) is 7.26. The molecule has 1 heterocycles. The van der Waals surface area contributed by atoms with Gasteiger partial charge in [0.2, 0.25) is 0 Å². The topological polar surface area (TPSA) is 21.3 Å². The minimum atomic E-state index is 0.182. The summed E-state index contributed by atoms with van der Waals surface area (Å²) in [7, 11) is 1.86. The third-order valence-corrected chi connectivity index (χ3v) is 5.37. The molecule has 1 aliphatic heterocycles. The van der Waals surface area contributed by atoms with Crippen LogP contribution in [0.1, 0.15) is 39.0 Å². The van der Waals surface area contributed by atoms with Gasteiger partial charge >= 0.3 is 0 Å². The van der Waals surface area contributed by atoms with E-state index in [1.807, 2.05) is 7.11 Å². The Balaban J connectivity index is 1.76. The van der Waals surface area contributed by atoms with E-state index >= 15 is 0 Å². The van der Waals surface area contributed by atoms with Gasteiger partial charge < -0.3 is 10.1 Å². The molecule has 1 saturated heterocycles. The normalized spacial score (nSPS) is 34.8. The van der Waals surface area contributed by atoms with Crippen molar-refractivity contribution in [1.29, 1.82) is 0 Å². The first kappa shape index (κ1) is 11.7. The van der Waals surface area contributed by atoms with Crippen molar-refractivity contribution in [3.63, 3.8) is 0 Å². The first-order valence-corrected chi connectivity index (χ1v) is 7.21. The van der Waals surface area contributed by atoms with Crippen LogP contribution < -0.4 is 5.32 Å². The van der Waals surface area contributed by atoms with Crippen molar-refractivity contribution >= 4 is 11.8 Å². The summed E-state index contributed by atoms with van der Waals surface area (Å²) in [5, 5.41) is 4.49. The van der Waals surface area contributed by atoms with Gasteiger partial charge in [-0.05, 0) is 37.9 Å². The molecule has 0 aromatic rings. The molecule has 0 radical (unpaired) electrons. The van der Waals surface area contributed by atoms with E-state index in [2.05, 4.69) is 24.0 Å². The second-order valence-electron chi connectivity index (χ2n) is 4.95. The number of thioether (sulfide) groups is 1. The number of hydrogen-bond donors (Lipinski definition) is 1. The molecule has 2 fully saturated rings. The minimum Gasteiger partial charge on any atom is -0.377 e. The predicted molar refractivity (Wildman–Crippen MR) is 66.5 cm³/mol. The maximum absolute atomic E-state index is 5.63. The average Bonchev–Trinajstić information content (AvgIpc) is 2.19. The molecular weight excluding hydrogens is 206 g/mol. The van der Waals surface area contributed by atoms with E-state index in [-0.39, 0.29) is 5.60 Å². The summed E-state index contributed by atoms with van der Waals surface area (Å²) in [5.41, 5.74) is 0.182. The van der Waals surface area contributed by atoms with Gasteiger partial charge in [0, 0.05) is 24.9 Å². The van der Waals surface area contributed by atoms with Crippen LogP contribution in [0.15, 0.2) is 0 Å². The van der Waals surface area contributed by atoms with Crippen molar-refractivity contribution in [3.8, 4) is 0 Å². The van der Waals surface area contributed by atoms with Gasteiger partial charge in [-0.15, -0.1) is 0 Å². The Morgan fingerprint density at radius 2 is 2.20 bits per heavy atom. The fraction of sp³-hybridized carbons (Fsp3) is 1.00. The molecule has 1 aliphatic carbocycles. The van der Waals surface area contributed by atoms with E-state index in [1.54, 1.807) is 0 Å². The Bertz CT molecular complexity index is 200. The largest absolute Gasteiger partial charge is 0.377 e. The van der Waals surface area contributed by atoms with E-state index in [9.17, 15) is 0 Å². The summed E-state index contributed by atoms with van der Waals surface area (Å²) < 4.78 is 5.63. The Morgan fingerprint density at radius 1 is 1.40 bits per heavy atom. The fourth-order valence-corrected chi connectivity index (χ4v) is 3.70. The number of nitrogens with one attached hydrogen (secondary N) is 1. The second-order valence-corrected chi connectivity index (χ2v) is 6.43. The van der Waals surface area contributed by atoms with Gasteiger partial charge in [-0.25, -0.2) is 0 Å². The highest BCUT2D eigenvalue weighted by atomic mass is 32.2. The quantitative estimate of drug-likeness (QED) is 0.800. The van der Waals surface area contributed by atoms with Crippen LogP contribution in [0.5, 0.6) is 0 Å². The summed E-state index contributed by atoms with van der Waals surface area (Å²) >= 11 is 2.11. The molecule has 0 aromatic carbocycles. The number of ether oxygens (including phenoxy) is 1. The van der Waals surface area contributed by atoms with Crippen LogP contribution in [0.3, 0.4) is 0 Å². The summed E-state index contributed by atoms with van der Waals surface area (Å²) in [6.45, 7) is 3.40. The van der Waals surface area contributed by atoms with Crippen molar-refractivity contribution in [1.82, 2.24) is 5.32 Å². The van der Waals surface area contributed by atoms with Crippen LogP contribution in [0.4, 0.5) is 0 Å². The SMILES string of the molecule is COC1(CNC2CCCSC2C)CCC1. The molecule has 88 valence electrons. The highest BCUT2D eigenvalue weighted by Gasteiger charge is 2.37. The maximum Gasteiger partial charge on any atom is 0.0802 e. The van der Waals surface area contributed by atoms with Crippen molar-refractivity contribution in [2.45, 2.75) is 55.9 Å². The standard InChI is InChI=1S/C12H23NOS/c1-10-11(5-3-8-15-10)13-9-12(14-2)6-4-7-12/h10-11,13H,3-9H2,1-2H3. The predicted octanol–water partition coefficient (Wildman–Crippen LogP) is 2.43. The number of methoxy groups -OCH3 is 1. The van der Waals surface area contributed by atoms with Gasteiger partial charge in [-0.1, -0.05) is 6.92 Å². The molecule has 0 bridgehead atoms. The molecule has 2 unspecified atom stereocenters. The molecule has 0 amide bonds.